The first kappa shape index (κ1) is 8.62. The second kappa shape index (κ2) is 7.62. The van der Waals surface area contributed by atoms with Crippen molar-refractivity contribution in [3.8, 4) is 0 Å². The average Bonchev–Trinajstić information content (AvgIpc) is 1.81. The highest BCUT2D eigenvalue weighted by Crippen LogP contribution is 1.99. The van der Waals surface area contributed by atoms with Crippen LogP contribution in [0.2, 0.25) is 0 Å². The van der Waals surface area contributed by atoms with Crippen LogP contribution in [0.1, 0.15) is 0 Å². The third-order valence-electron chi connectivity index (χ3n) is 0.459. The minimum absolute atomic E-state index is 0.483. The zero-order chi connectivity index (χ0) is 6.24. The summed E-state index contributed by atoms with van der Waals surface area (Å²) in [5, 5.41) is 0. The molecule has 0 rings (SSSR count). The molecule has 0 aromatic carbocycles. The lowest BCUT2D eigenvalue weighted by Crippen LogP contribution is -1.89. The second-order valence-corrected chi connectivity index (χ2v) is 2.20. The van der Waals surface area contributed by atoms with Crippen molar-refractivity contribution in [3.63, 3.8) is 0 Å². The third kappa shape index (κ3) is 6.62. The Morgan fingerprint density at radius 3 is 2.75 bits per heavy atom. The van der Waals surface area contributed by atoms with Crippen molar-refractivity contribution in [1.29, 1.82) is 0 Å². The monoisotopic (exact) mass is 154 g/mol. The summed E-state index contributed by atoms with van der Waals surface area (Å²) in [7, 11) is 1.66. The summed E-state index contributed by atoms with van der Waals surface area (Å²) in [6.45, 7) is 0. The van der Waals surface area contributed by atoms with E-state index < -0.39 is 0 Å². The largest absolute Gasteiger partial charge is 0.374 e. The number of hydrogen-bond acceptors (Lipinski definition) is 4. The Kier molecular flexibility index (Phi) is 8.21. The standard InChI is InChI=1S/C4H10O2S2/c1-5-3-8-4-6-2-7/h7H,2-4H2,1H3. The number of ether oxygens (including phenoxy) is 2. The van der Waals surface area contributed by atoms with Crippen LogP contribution >= 0.6 is 24.4 Å². The molecule has 0 saturated carbocycles. The van der Waals surface area contributed by atoms with Crippen LogP contribution in [0.3, 0.4) is 0 Å². The topological polar surface area (TPSA) is 18.5 Å². The highest BCUT2D eigenvalue weighted by molar-refractivity contribution is 7.99. The smallest absolute Gasteiger partial charge is 0.0954 e. The van der Waals surface area contributed by atoms with Crippen molar-refractivity contribution in [1.82, 2.24) is 0 Å². The Labute approximate surface area is 59.3 Å². The van der Waals surface area contributed by atoms with Gasteiger partial charge in [-0.05, 0) is 0 Å². The summed E-state index contributed by atoms with van der Waals surface area (Å²) >= 11 is 5.43. The molecule has 0 aliphatic rings. The molecule has 0 amide bonds. The van der Waals surface area contributed by atoms with Gasteiger partial charge >= 0.3 is 0 Å². The zero-order valence-electron chi connectivity index (χ0n) is 4.79. The Bertz CT molecular complexity index is 37.0. The maximum atomic E-state index is 4.88. The van der Waals surface area contributed by atoms with E-state index in [0.717, 1.165) is 0 Å². The molecule has 0 unspecified atom stereocenters. The molecule has 0 atom stereocenters. The number of hydrogen-bond donors (Lipinski definition) is 1. The van der Waals surface area contributed by atoms with Crippen molar-refractivity contribution >= 4 is 24.4 Å². The molecule has 8 heavy (non-hydrogen) atoms. The van der Waals surface area contributed by atoms with Crippen LogP contribution in [0.15, 0.2) is 0 Å². The van der Waals surface area contributed by atoms with Gasteiger partial charge in [-0.1, -0.05) is 0 Å². The van der Waals surface area contributed by atoms with Gasteiger partial charge in [0.1, 0.15) is 0 Å². The molecule has 0 N–H and O–H groups in total. The van der Waals surface area contributed by atoms with E-state index in [-0.39, 0.29) is 0 Å². The molecule has 0 heterocycles. The summed E-state index contributed by atoms with van der Waals surface area (Å²) in [4.78, 5) is 0. The highest BCUT2D eigenvalue weighted by Gasteiger charge is 1.82. The normalized spacial score (nSPS) is 9.75. The van der Waals surface area contributed by atoms with Gasteiger partial charge in [0, 0.05) is 7.11 Å². The van der Waals surface area contributed by atoms with Crippen LogP contribution in [0.25, 0.3) is 0 Å². The molecule has 2 nitrogen and oxygen atoms in total. The van der Waals surface area contributed by atoms with Crippen molar-refractivity contribution in [2.24, 2.45) is 0 Å². The number of thiol groups is 1. The van der Waals surface area contributed by atoms with Crippen LogP contribution < -0.4 is 0 Å². The predicted molar refractivity (Wildman–Crippen MR) is 39.3 cm³/mol. The van der Waals surface area contributed by atoms with Crippen LogP contribution in [0, 0.1) is 0 Å². The summed E-state index contributed by atoms with van der Waals surface area (Å²) in [5.74, 6) is 1.84. The average molecular weight is 154 g/mol. The third-order valence-corrected chi connectivity index (χ3v) is 1.38. The van der Waals surface area contributed by atoms with Crippen LogP contribution in [-0.2, 0) is 9.47 Å². The van der Waals surface area contributed by atoms with Gasteiger partial charge in [0.15, 0.2) is 0 Å². The maximum Gasteiger partial charge on any atom is 0.0954 e. The molecule has 50 valence electrons. The number of methoxy groups -OCH3 is 1. The summed E-state index contributed by atoms with van der Waals surface area (Å²) in [5.41, 5.74) is 0. The van der Waals surface area contributed by atoms with E-state index in [2.05, 4.69) is 12.6 Å². The van der Waals surface area contributed by atoms with Gasteiger partial charge in [0.2, 0.25) is 0 Å². The molecule has 0 saturated heterocycles. The first-order valence-electron chi connectivity index (χ1n) is 2.17. The van der Waals surface area contributed by atoms with Gasteiger partial charge in [-0.3, -0.25) is 0 Å². The van der Waals surface area contributed by atoms with E-state index in [0.29, 0.717) is 17.8 Å². The first-order valence-corrected chi connectivity index (χ1v) is 3.96. The molecule has 4 heteroatoms. The Morgan fingerprint density at radius 1 is 1.50 bits per heavy atom. The van der Waals surface area contributed by atoms with Crippen LogP contribution in [-0.4, -0.2) is 24.9 Å². The van der Waals surface area contributed by atoms with E-state index >= 15 is 0 Å². The SMILES string of the molecule is COCSCOCS. The fraction of sp³-hybridized carbons (Fsp3) is 1.00. The van der Waals surface area contributed by atoms with E-state index in [1.807, 2.05) is 0 Å². The van der Waals surface area contributed by atoms with Crippen LogP contribution in [0.4, 0.5) is 0 Å². The van der Waals surface area contributed by atoms with E-state index in [4.69, 9.17) is 9.47 Å². The minimum Gasteiger partial charge on any atom is -0.374 e. The van der Waals surface area contributed by atoms with Gasteiger partial charge in [0.25, 0.3) is 0 Å². The fourth-order valence-electron chi connectivity index (χ4n) is 0.214. The Balaban J connectivity index is 2.53. The van der Waals surface area contributed by atoms with Gasteiger partial charge in [-0.25, -0.2) is 0 Å². The van der Waals surface area contributed by atoms with Crippen molar-refractivity contribution < 1.29 is 9.47 Å². The van der Waals surface area contributed by atoms with E-state index in [1.54, 1.807) is 18.9 Å². The van der Waals surface area contributed by atoms with Crippen LogP contribution in [0.5, 0.6) is 0 Å². The molecule has 0 aromatic rings. The highest BCUT2D eigenvalue weighted by atomic mass is 32.2. The van der Waals surface area contributed by atoms with Crippen molar-refractivity contribution in [2.45, 2.75) is 0 Å². The molecule has 0 aliphatic heterocycles. The molecular formula is C4H10O2S2. The Morgan fingerprint density at radius 2 is 2.25 bits per heavy atom. The molecule has 0 aromatic heterocycles. The molecule has 0 aliphatic carbocycles. The lowest BCUT2D eigenvalue weighted by atomic mass is 11.5. The molecule has 0 bridgehead atoms. The molecule has 0 spiro atoms. The summed E-state index contributed by atoms with van der Waals surface area (Å²) in [6, 6.07) is 0. The lowest BCUT2D eigenvalue weighted by molar-refractivity contribution is 0.231. The fourth-order valence-corrected chi connectivity index (χ4v) is 0.864. The number of thioether (sulfide) groups is 1. The van der Waals surface area contributed by atoms with E-state index in [1.165, 1.54) is 0 Å². The van der Waals surface area contributed by atoms with Gasteiger partial charge in [-0.2, -0.15) is 12.6 Å². The predicted octanol–water partition coefficient (Wildman–Crippen LogP) is 1.18. The maximum absolute atomic E-state index is 4.88. The van der Waals surface area contributed by atoms with Crippen molar-refractivity contribution in [3.05, 3.63) is 0 Å². The Hall–Kier alpha value is 0.620. The molecular weight excluding hydrogens is 144 g/mol. The van der Waals surface area contributed by atoms with Gasteiger partial charge < -0.3 is 9.47 Å². The van der Waals surface area contributed by atoms with Gasteiger partial charge in [-0.15, -0.1) is 11.8 Å². The zero-order valence-corrected chi connectivity index (χ0v) is 6.50. The molecule has 0 radical (unpaired) electrons. The summed E-state index contributed by atoms with van der Waals surface area (Å²) < 4.78 is 9.63. The van der Waals surface area contributed by atoms with E-state index in [9.17, 15) is 0 Å². The summed E-state index contributed by atoms with van der Waals surface area (Å²) in [6.07, 6.45) is 0. The first-order chi connectivity index (χ1) is 3.91. The quantitative estimate of drug-likeness (QED) is 0.364. The van der Waals surface area contributed by atoms with Gasteiger partial charge in [0.05, 0.1) is 17.8 Å². The van der Waals surface area contributed by atoms with Crippen molar-refractivity contribution in [2.75, 3.05) is 24.9 Å². The number of rotatable bonds is 5. The molecule has 0 fully saturated rings. The second-order valence-electron chi connectivity index (χ2n) is 1.06. The lowest BCUT2D eigenvalue weighted by Gasteiger charge is -1.97. The minimum atomic E-state index is 0.483.